The molecule has 6 N–H and O–H groups in total. The van der Waals surface area contributed by atoms with Crippen LogP contribution in [0, 0.1) is 5.92 Å². The molecule has 13 heteroatoms. The number of urea groups is 1. The minimum Gasteiger partial charge on any atom is -0.426 e. The fourth-order valence-corrected chi connectivity index (χ4v) is 3.61. The summed E-state index contributed by atoms with van der Waals surface area (Å²) in [7, 11) is -1.69. The van der Waals surface area contributed by atoms with Crippen molar-refractivity contribution in [1.82, 2.24) is 25.5 Å². The van der Waals surface area contributed by atoms with Crippen LogP contribution in [0.5, 0.6) is 0 Å². The Balaban J connectivity index is 0.000000375. The number of rotatable bonds is 9. The highest BCUT2D eigenvalue weighted by Gasteiger charge is 2.46. The Kier molecular flexibility index (Phi) is 9.09. The van der Waals surface area contributed by atoms with Gasteiger partial charge in [0.25, 0.3) is 5.91 Å². The highest BCUT2D eigenvalue weighted by atomic mass is 16.4. The monoisotopic (exact) mass is 495 g/mol. The highest BCUT2D eigenvalue weighted by molar-refractivity contribution is 6.43. The number of hydrogen-bond acceptors (Lipinski definition) is 8. The first-order valence-electron chi connectivity index (χ1n) is 11.6. The molecule has 1 unspecified atom stereocenters. The van der Waals surface area contributed by atoms with Crippen molar-refractivity contribution in [3.8, 4) is 0 Å². The van der Waals surface area contributed by atoms with Crippen LogP contribution in [-0.4, -0.2) is 80.3 Å². The Morgan fingerprint density at radius 1 is 1.19 bits per heavy atom. The fraction of sp³-hybridized carbons (Fsp3) is 0.391. The largest absolute Gasteiger partial charge is 0.475 e. The molecule has 2 aliphatic rings. The number of fused-ring (bicyclic) bond motifs is 1. The zero-order valence-corrected chi connectivity index (χ0v) is 20.1. The van der Waals surface area contributed by atoms with Crippen LogP contribution in [0.15, 0.2) is 53.9 Å². The van der Waals surface area contributed by atoms with E-state index in [1.165, 1.54) is 18.6 Å². The van der Waals surface area contributed by atoms with Crippen LogP contribution in [0.25, 0.3) is 0 Å². The lowest BCUT2D eigenvalue weighted by atomic mass is 9.75. The number of carbonyl (C=O) groups excluding carboxylic acids is 3. The SMILES string of the molecule is CC(C)C[C@H](NC(=O)[C@H](Cc1ccccc1)NC(=O)c1cnccn1)B(O)O.NC1=NC(=O)N2CC12. The van der Waals surface area contributed by atoms with Crippen LogP contribution >= 0.6 is 0 Å². The quantitative estimate of drug-likeness (QED) is 0.228. The predicted octanol–water partition coefficient (Wildman–Crippen LogP) is -0.478. The van der Waals surface area contributed by atoms with Crippen molar-refractivity contribution >= 4 is 30.8 Å². The second-order valence-electron chi connectivity index (χ2n) is 8.95. The van der Waals surface area contributed by atoms with Crippen molar-refractivity contribution < 1.29 is 24.4 Å². The third-order valence-electron chi connectivity index (χ3n) is 5.54. The van der Waals surface area contributed by atoms with E-state index in [4.69, 9.17) is 5.73 Å². The van der Waals surface area contributed by atoms with Gasteiger partial charge in [-0.15, -0.1) is 0 Å². The Labute approximate surface area is 209 Å². The van der Waals surface area contributed by atoms with Gasteiger partial charge in [-0.05, 0) is 17.9 Å². The van der Waals surface area contributed by atoms with E-state index >= 15 is 0 Å². The number of amidine groups is 1. The van der Waals surface area contributed by atoms with Gasteiger partial charge in [0, 0.05) is 18.8 Å². The van der Waals surface area contributed by atoms with E-state index in [-0.39, 0.29) is 30.1 Å². The molecule has 1 saturated heterocycles. The van der Waals surface area contributed by atoms with Crippen molar-refractivity contribution in [2.24, 2.45) is 16.6 Å². The van der Waals surface area contributed by atoms with E-state index in [1.807, 2.05) is 44.2 Å². The molecule has 0 bridgehead atoms. The van der Waals surface area contributed by atoms with E-state index in [2.05, 4.69) is 25.6 Å². The van der Waals surface area contributed by atoms with E-state index in [1.54, 1.807) is 4.90 Å². The number of hydrogen-bond donors (Lipinski definition) is 5. The van der Waals surface area contributed by atoms with Gasteiger partial charge in [-0.1, -0.05) is 44.2 Å². The number of aliphatic imine (C=N–C) groups is 1. The summed E-state index contributed by atoms with van der Waals surface area (Å²) >= 11 is 0. The van der Waals surface area contributed by atoms with Crippen molar-refractivity contribution in [3.05, 3.63) is 60.2 Å². The average Bonchev–Trinajstić information content (AvgIpc) is 3.61. The molecule has 1 aromatic heterocycles. The molecule has 2 aromatic rings. The van der Waals surface area contributed by atoms with Gasteiger partial charge < -0.3 is 31.3 Å². The second-order valence-corrected chi connectivity index (χ2v) is 8.95. The number of nitrogens with two attached hydrogens (primary N) is 1. The van der Waals surface area contributed by atoms with Gasteiger partial charge in [-0.25, -0.2) is 9.78 Å². The van der Waals surface area contributed by atoms with Gasteiger partial charge in [0.1, 0.15) is 23.6 Å². The topological polar surface area (TPSA) is 183 Å². The summed E-state index contributed by atoms with van der Waals surface area (Å²) in [6, 6.07) is 8.32. The Morgan fingerprint density at radius 2 is 1.92 bits per heavy atom. The van der Waals surface area contributed by atoms with E-state index in [0.717, 1.165) is 12.1 Å². The lowest BCUT2D eigenvalue weighted by Crippen LogP contribution is -2.55. The van der Waals surface area contributed by atoms with Crippen molar-refractivity contribution in [2.75, 3.05) is 6.54 Å². The van der Waals surface area contributed by atoms with Crippen LogP contribution in [0.4, 0.5) is 4.79 Å². The zero-order valence-electron chi connectivity index (χ0n) is 20.1. The minimum atomic E-state index is -1.69. The van der Waals surface area contributed by atoms with Crippen molar-refractivity contribution in [1.29, 1.82) is 0 Å². The van der Waals surface area contributed by atoms with E-state index in [9.17, 15) is 24.4 Å². The van der Waals surface area contributed by atoms with Gasteiger partial charge in [-0.2, -0.15) is 4.99 Å². The van der Waals surface area contributed by atoms with Crippen LogP contribution < -0.4 is 16.4 Å². The number of nitrogens with one attached hydrogen (secondary N) is 2. The molecule has 2 aliphatic heterocycles. The molecule has 36 heavy (non-hydrogen) atoms. The van der Waals surface area contributed by atoms with Crippen molar-refractivity contribution in [2.45, 2.75) is 44.7 Å². The van der Waals surface area contributed by atoms with Crippen LogP contribution in [0.3, 0.4) is 0 Å². The molecular weight excluding hydrogens is 465 g/mol. The first-order valence-corrected chi connectivity index (χ1v) is 11.6. The third-order valence-corrected chi connectivity index (χ3v) is 5.54. The van der Waals surface area contributed by atoms with Gasteiger partial charge in [0.05, 0.1) is 18.7 Å². The van der Waals surface area contributed by atoms with Crippen LogP contribution in [0.1, 0.15) is 36.3 Å². The van der Waals surface area contributed by atoms with Gasteiger partial charge in [0.2, 0.25) is 5.91 Å². The molecule has 4 rings (SSSR count). The van der Waals surface area contributed by atoms with E-state index < -0.39 is 30.9 Å². The fourth-order valence-electron chi connectivity index (χ4n) is 3.61. The second kappa shape index (κ2) is 12.2. The van der Waals surface area contributed by atoms with E-state index in [0.29, 0.717) is 12.3 Å². The Bertz CT molecular complexity index is 1080. The lowest BCUT2D eigenvalue weighted by Gasteiger charge is -2.24. The number of nitrogens with zero attached hydrogens (tertiary/aromatic N) is 4. The Hall–Kier alpha value is -3.84. The molecule has 0 radical (unpaired) electrons. The minimum absolute atomic E-state index is 0.0919. The van der Waals surface area contributed by atoms with Crippen LogP contribution in [0.2, 0.25) is 0 Å². The normalized spacial score (nSPS) is 17.2. The maximum atomic E-state index is 12.8. The number of benzene rings is 1. The Morgan fingerprint density at radius 3 is 2.39 bits per heavy atom. The summed E-state index contributed by atoms with van der Waals surface area (Å²) in [5.41, 5.74) is 6.24. The highest BCUT2D eigenvalue weighted by Crippen LogP contribution is 2.23. The molecule has 190 valence electrons. The third kappa shape index (κ3) is 7.58. The van der Waals surface area contributed by atoms with Gasteiger partial charge in [-0.3, -0.25) is 14.6 Å². The molecule has 0 saturated carbocycles. The molecule has 1 fully saturated rings. The molecule has 3 heterocycles. The summed E-state index contributed by atoms with van der Waals surface area (Å²) in [4.78, 5) is 48.7. The molecule has 1 aromatic carbocycles. The zero-order chi connectivity index (χ0) is 26.2. The summed E-state index contributed by atoms with van der Waals surface area (Å²) in [6.07, 6.45) is 4.78. The molecule has 12 nitrogen and oxygen atoms in total. The summed E-state index contributed by atoms with van der Waals surface area (Å²) in [5.74, 6) is -1.24. The average molecular weight is 495 g/mol. The maximum absolute atomic E-state index is 12.8. The molecular formula is C23H30BN7O5. The molecule has 4 amide bonds. The summed E-state index contributed by atoms with van der Waals surface area (Å²) in [6.45, 7) is 4.62. The first-order chi connectivity index (χ1) is 17.2. The molecule has 0 spiro atoms. The van der Waals surface area contributed by atoms with Crippen molar-refractivity contribution in [3.63, 3.8) is 0 Å². The molecule has 3 atom stereocenters. The van der Waals surface area contributed by atoms with Gasteiger partial charge >= 0.3 is 13.1 Å². The first kappa shape index (κ1) is 26.8. The number of amides is 4. The van der Waals surface area contributed by atoms with Crippen LogP contribution in [-0.2, 0) is 11.2 Å². The summed E-state index contributed by atoms with van der Waals surface area (Å²) < 4.78 is 0. The standard InChI is InChI=1S/C19H25BN4O4.C4H5N3O/c1-13(2)10-17(20(27)28)24-18(25)15(11-14-6-4-3-5-7-14)23-19(26)16-12-21-8-9-22-16;5-3-2-1-7(2)4(8)6-3/h3-9,12-13,15,17,27-28H,10-11H2,1-2H3,(H,23,26)(H,24,25);2H,1H2,(H2,5,6,8)/t15-,17-;/m0./s1. The number of carbonyl (C=O) groups is 3. The maximum Gasteiger partial charge on any atom is 0.475 e. The predicted molar refractivity (Wildman–Crippen MR) is 133 cm³/mol. The van der Waals surface area contributed by atoms with Gasteiger partial charge in [0.15, 0.2) is 0 Å². The lowest BCUT2D eigenvalue weighted by molar-refractivity contribution is -0.123. The molecule has 0 aliphatic carbocycles. The summed E-state index contributed by atoms with van der Waals surface area (Å²) in [5, 5.41) is 24.5. The smallest absolute Gasteiger partial charge is 0.426 e. The number of aromatic nitrogens is 2.